The molecule has 124 valence electrons. The van der Waals surface area contributed by atoms with Gasteiger partial charge in [-0.15, -0.1) is 0 Å². The molecule has 0 bridgehead atoms. The van der Waals surface area contributed by atoms with Crippen molar-refractivity contribution >= 4 is 50.1 Å². The van der Waals surface area contributed by atoms with Gasteiger partial charge in [0.1, 0.15) is 10.6 Å². The first kappa shape index (κ1) is 16.6. The number of hydrogen-bond donors (Lipinski definition) is 2. The standard InChI is InChI=1S/C14H9Cl2N3O4S/c15-10-3-1-7(5-11(10)16)23-24(21,22)8-2-4-12-9(6-8)13(14(17)20)19-18-12/h1-6H,(H2,17,20)(H,18,19). The van der Waals surface area contributed by atoms with Gasteiger partial charge in [-0.1, -0.05) is 23.2 Å². The highest BCUT2D eigenvalue weighted by Gasteiger charge is 2.20. The van der Waals surface area contributed by atoms with Crippen molar-refractivity contribution in [1.29, 1.82) is 0 Å². The van der Waals surface area contributed by atoms with Crippen LogP contribution in [0.2, 0.25) is 10.0 Å². The Morgan fingerprint density at radius 2 is 1.88 bits per heavy atom. The Bertz CT molecular complexity index is 1060. The van der Waals surface area contributed by atoms with Crippen LogP contribution in [0.25, 0.3) is 10.9 Å². The zero-order valence-electron chi connectivity index (χ0n) is 11.8. The molecule has 0 radical (unpaired) electrons. The highest BCUT2D eigenvalue weighted by Crippen LogP contribution is 2.29. The van der Waals surface area contributed by atoms with Gasteiger partial charge in [0.25, 0.3) is 5.91 Å². The molecule has 3 aromatic rings. The fourth-order valence-electron chi connectivity index (χ4n) is 2.04. The summed E-state index contributed by atoms with van der Waals surface area (Å²) in [6.07, 6.45) is 0. The number of fused-ring (bicyclic) bond motifs is 1. The van der Waals surface area contributed by atoms with Crippen LogP contribution in [0, 0.1) is 0 Å². The van der Waals surface area contributed by atoms with Crippen LogP contribution in [0.5, 0.6) is 5.75 Å². The Balaban J connectivity index is 2.02. The summed E-state index contributed by atoms with van der Waals surface area (Å²) in [7, 11) is -4.15. The second-order valence-corrected chi connectivity index (χ2v) is 7.12. The molecule has 1 aromatic heterocycles. The summed E-state index contributed by atoms with van der Waals surface area (Å²) in [5, 5.41) is 7.06. The number of carbonyl (C=O) groups is 1. The van der Waals surface area contributed by atoms with E-state index >= 15 is 0 Å². The molecule has 0 fully saturated rings. The number of nitrogens with zero attached hydrogens (tertiary/aromatic N) is 1. The van der Waals surface area contributed by atoms with Crippen molar-refractivity contribution in [2.75, 3.05) is 0 Å². The topological polar surface area (TPSA) is 115 Å². The lowest BCUT2D eigenvalue weighted by molar-refractivity contribution is 0.0997. The van der Waals surface area contributed by atoms with Gasteiger partial charge in [-0.2, -0.15) is 13.5 Å². The predicted octanol–water partition coefficient (Wildman–Crippen LogP) is 2.74. The van der Waals surface area contributed by atoms with Gasteiger partial charge in [-0.05, 0) is 30.3 Å². The lowest BCUT2D eigenvalue weighted by atomic mass is 10.2. The third-order valence-electron chi connectivity index (χ3n) is 3.15. The van der Waals surface area contributed by atoms with Gasteiger partial charge >= 0.3 is 10.1 Å². The van der Waals surface area contributed by atoms with Gasteiger partial charge < -0.3 is 9.92 Å². The van der Waals surface area contributed by atoms with Crippen LogP contribution in [0.1, 0.15) is 10.5 Å². The average molecular weight is 386 g/mol. The molecular formula is C14H9Cl2N3O4S. The van der Waals surface area contributed by atoms with Gasteiger partial charge in [0, 0.05) is 11.5 Å². The molecule has 1 heterocycles. The van der Waals surface area contributed by atoms with Gasteiger partial charge in [-0.3, -0.25) is 9.89 Å². The number of carbonyl (C=O) groups excluding carboxylic acids is 1. The van der Waals surface area contributed by atoms with Crippen molar-refractivity contribution < 1.29 is 17.4 Å². The SMILES string of the molecule is NC(=O)c1n[nH]c2ccc(S(=O)(=O)Oc3ccc(Cl)c(Cl)c3)cc12. The molecule has 0 aliphatic heterocycles. The Morgan fingerprint density at radius 3 is 2.54 bits per heavy atom. The quantitative estimate of drug-likeness (QED) is 0.669. The molecule has 0 unspecified atom stereocenters. The molecule has 0 spiro atoms. The number of amides is 1. The predicted molar refractivity (Wildman–Crippen MR) is 88.9 cm³/mol. The molecule has 2 aromatic carbocycles. The van der Waals surface area contributed by atoms with Gasteiger partial charge in [0.05, 0.1) is 15.6 Å². The first-order chi connectivity index (χ1) is 11.3. The van der Waals surface area contributed by atoms with Crippen molar-refractivity contribution in [2.24, 2.45) is 5.73 Å². The third-order valence-corrected chi connectivity index (χ3v) is 5.14. The highest BCUT2D eigenvalue weighted by atomic mass is 35.5. The van der Waals surface area contributed by atoms with E-state index < -0.39 is 16.0 Å². The molecule has 3 rings (SSSR count). The molecule has 0 aliphatic rings. The van der Waals surface area contributed by atoms with Gasteiger partial charge in [-0.25, -0.2) is 0 Å². The van der Waals surface area contributed by atoms with Gasteiger partial charge in [0.2, 0.25) is 0 Å². The second kappa shape index (κ2) is 5.97. The number of aromatic amines is 1. The van der Waals surface area contributed by atoms with Gasteiger partial charge in [0.15, 0.2) is 5.69 Å². The van der Waals surface area contributed by atoms with E-state index in [1.54, 1.807) is 0 Å². The maximum absolute atomic E-state index is 12.4. The molecule has 0 aliphatic carbocycles. The largest absolute Gasteiger partial charge is 0.379 e. The van der Waals surface area contributed by atoms with Crippen LogP contribution in [0.3, 0.4) is 0 Å². The third kappa shape index (κ3) is 3.03. The first-order valence-electron chi connectivity index (χ1n) is 6.45. The lowest BCUT2D eigenvalue weighted by Gasteiger charge is -2.08. The number of primary amides is 1. The van der Waals surface area contributed by atoms with E-state index in [1.807, 2.05) is 0 Å². The highest BCUT2D eigenvalue weighted by molar-refractivity contribution is 7.87. The second-order valence-electron chi connectivity index (χ2n) is 4.76. The zero-order chi connectivity index (χ0) is 17.5. The summed E-state index contributed by atoms with van der Waals surface area (Å²) in [5.74, 6) is -0.770. The fraction of sp³-hybridized carbons (Fsp3) is 0. The summed E-state index contributed by atoms with van der Waals surface area (Å²) >= 11 is 11.6. The van der Waals surface area contributed by atoms with Crippen molar-refractivity contribution in [2.45, 2.75) is 4.90 Å². The van der Waals surface area contributed by atoms with E-state index in [-0.39, 0.29) is 31.8 Å². The Hall–Kier alpha value is -2.29. The van der Waals surface area contributed by atoms with Crippen LogP contribution in [-0.2, 0) is 10.1 Å². The maximum Gasteiger partial charge on any atom is 0.339 e. The van der Waals surface area contributed by atoms with Crippen LogP contribution >= 0.6 is 23.2 Å². The summed E-state index contributed by atoms with van der Waals surface area (Å²) in [6.45, 7) is 0. The number of hydrogen-bond acceptors (Lipinski definition) is 5. The number of halogens is 2. The van der Waals surface area contributed by atoms with E-state index in [0.29, 0.717) is 5.52 Å². The number of H-pyrrole nitrogens is 1. The first-order valence-corrected chi connectivity index (χ1v) is 8.62. The summed E-state index contributed by atoms with van der Waals surface area (Å²) < 4.78 is 29.8. The Kier molecular flexibility index (Phi) is 4.12. The number of benzene rings is 2. The van der Waals surface area contributed by atoms with E-state index in [4.69, 9.17) is 33.1 Å². The normalized spacial score (nSPS) is 11.6. The molecule has 24 heavy (non-hydrogen) atoms. The minimum absolute atomic E-state index is 0.00631. The Morgan fingerprint density at radius 1 is 1.12 bits per heavy atom. The summed E-state index contributed by atoms with van der Waals surface area (Å²) in [5.41, 5.74) is 5.62. The van der Waals surface area contributed by atoms with Crippen LogP contribution in [-0.4, -0.2) is 24.5 Å². The molecule has 0 saturated heterocycles. The monoisotopic (exact) mass is 385 g/mol. The van der Waals surface area contributed by atoms with E-state index in [9.17, 15) is 13.2 Å². The molecule has 7 nitrogen and oxygen atoms in total. The number of nitrogens with two attached hydrogens (primary N) is 1. The van der Waals surface area contributed by atoms with Crippen molar-refractivity contribution in [3.05, 3.63) is 52.1 Å². The van der Waals surface area contributed by atoms with Crippen LogP contribution < -0.4 is 9.92 Å². The van der Waals surface area contributed by atoms with Crippen molar-refractivity contribution in [3.8, 4) is 5.75 Å². The van der Waals surface area contributed by atoms with E-state index in [0.717, 1.165) is 0 Å². The van der Waals surface area contributed by atoms with Crippen molar-refractivity contribution in [3.63, 3.8) is 0 Å². The molecule has 0 saturated carbocycles. The molecular weight excluding hydrogens is 377 g/mol. The molecule has 1 amide bonds. The number of rotatable bonds is 4. The molecule has 3 N–H and O–H groups in total. The zero-order valence-corrected chi connectivity index (χ0v) is 14.1. The Labute approximate surface area is 146 Å². The minimum atomic E-state index is -4.15. The molecule has 0 atom stereocenters. The van der Waals surface area contributed by atoms with E-state index in [2.05, 4.69) is 10.2 Å². The fourth-order valence-corrected chi connectivity index (χ4v) is 3.28. The average Bonchev–Trinajstić information content (AvgIpc) is 2.94. The lowest BCUT2D eigenvalue weighted by Crippen LogP contribution is -2.12. The maximum atomic E-state index is 12.4. The smallest absolute Gasteiger partial charge is 0.339 e. The van der Waals surface area contributed by atoms with Crippen LogP contribution in [0.15, 0.2) is 41.3 Å². The summed E-state index contributed by atoms with van der Waals surface area (Å²) in [4.78, 5) is 11.2. The molecule has 10 heteroatoms. The summed E-state index contributed by atoms with van der Waals surface area (Å²) in [6, 6.07) is 8.10. The van der Waals surface area contributed by atoms with E-state index in [1.165, 1.54) is 36.4 Å². The minimum Gasteiger partial charge on any atom is -0.379 e. The number of nitrogens with one attached hydrogen (secondary N) is 1. The van der Waals surface area contributed by atoms with Crippen LogP contribution in [0.4, 0.5) is 0 Å². The van der Waals surface area contributed by atoms with Crippen molar-refractivity contribution in [1.82, 2.24) is 10.2 Å². The number of aromatic nitrogens is 2.